The summed E-state index contributed by atoms with van der Waals surface area (Å²) in [5.74, 6) is -1.76. The van der Waals surface area contributed by atoms with Gasteiger partial charge in [-0.25, -0.2) is 4.90 Å². The molecule has 4 aliphatic heterocycles. The molecular weight excluding hydrogens is 402 g/mol. The standard InChI is InChI=1S/C26H27N3O3/c1-4-16-8-10-19-18(13-16)26(25(32)27-19)22-21(20-6-5-11-28(20)26)23(30)29(24(22)31)17-9-7-14(2)15(3)12-17/h7-10,12-13,20-22H,4-6,11H2,1-3H3,(H,27,32)/t20-,21-,22-,26+/m0/s1. The minimum Gasteiger partial charge on any atom is -0.324 e. The van der Waals surface area contributed by atoms with Crippen LogP contribution in [0.1, 0.15) is 42.0 Å². The molecule has 0 saturated carbocycles. The van der Waals surface area contributed by atoms with E-state index >= 15 is 0 Å². The third-order valence-electron chi connectivity index (χ3n) is 8.21. The number of imide groups is 1. The minimum atomic E-state index is -1.10. The van der Waals surface area contributed by atoms with E-state index in [0.717, 1.165) is 53.7 Å². The molecule has 0 bridgehead atoms. The topological polar surface area (TPSA) is 69.7 Å². The highest BCUT2D eigenvalue weighted by molar-refractivity contribution is 6.25. The molecule has 0 aromatic heterocycles. The zero-order valence-electron chi connectivity index (χ0n) is 18.6. The lowest BCUT2D eigenvalue weighted by Gasteiger charge is -2.36. The van der Waals surface area contributed by atoms with Gasteiger partial charge in [-0.1, -0.05) is 25.1 Å². The molecule has 4 aliphatic rings. The average molecular weight is 430 g/mol. The summed E-state index contributed by atoms with van der Waals surface area (Å²) in [6.45, 7) is 6.81. The second-order valence-electron chi connectivity index (χ2n) is 9.64. The van der Waals surface area contributed by atoms with E-state index in [1.807, 2.05) is 44.2 Å². The van der Waals surface area contributed by atoms with Crippen LogP contribution >= 0.6 is 0 Å². The summed E-state index contributed by atoms with van der Waals surface area (Å²) in [6, 6.07) is 11.6. The highest BCUT2D eigenvalue weighted by atomic mass is 16.2. The number of anilines is 2. The molecule has 6 rings (SSSR count). The summed E-state index contributed by atoms with van der Waals surface area (Å²) in [4.78, 5) is 45.0. The molecule has 0 unspecified atom stereocenters. The molecule has 0 radical (unpaired) electrons. The lowest BCUT2D eigenvalue weighted by Crippen LogP contribution is -2.54. The Kier molecular flexibility index (Phi) is 4.01. The van der Waals surface area contributed by atoms with Crippen molar-refractivity contribution in [1.82, 2.24) is 4.90 Å². The zero-order chi connectivity index (χ0) is 22.4. The first-order chi connectivity index (χ1) is 15.4. The number of nitrogens with zero attached hydrogens (tertiary/aromatic N) is 2. The van der Waals surface area contributed by atoms with Crippen molar-refractivity contribution in [3.05, 3.63) is 58.7 Å². The van der Waals surface area contributed by atoms with Crippen molar-refractivity contribution in [3.63, 3.8) is 0 Å². The van der Waals surface area contributed by atoms with Crippen LogP contribution in [0.5, 0.6) is 0 Å². The Labute approximate surface area is 187 Å². The van der Waals surface area contributed by atoms with E-state index in [2.05, 4.69) is 23.2 Å². The third kappa shape index (κ3) is 2.21. The van der Waals surface area contributed by atoms with Crippen LogP contribution in [0.4, 0.5) is 11.4 Å². The molecule has 6 nitrogen and oxygen atoms in total. The first-order valence-electron chi connectivity index (χ1n) is 11.6. The van der Waals surface area contributed by atoms with E-state index in [0.29, 0.717) is 5.69 Å². The summed E-state index contributed by atoms with van der Waals surface area (Å²) in [5.41, 5.74) is 4.41. The van der Waals surface area contributed by atoms with Gasteiger partial charge >= 0.3 is 0 Å². The zero-order valence-corrected chi connectivity index (χ0v) is 18.6. The van der Waals surface area contributed by atoms with Crippen LogP contribution in [-0.2, 0) is 26.3 Å². The Hall–Kier alpha value is -2.99. The fraction of sp³-hybridized carbons (Fsp3) is 0.423. The molecular formula is C26H27N3O3. The summed E-state index contributed by atoms with van der Waals surface area (Å²) in [5, 5.41) is 3.05. The van der Waals surface area contributed by atoms with Gasteiger partial charge in [0.2, 0.25) is 17.7 Å². The first kappa shape index (κ1) is 19.7. The van der Waals surface area contributed by atoms with Crippen molar-refractivity contribution in [3.8, 4) is 0 Å². The van der Waals surface area contributed by atoms with E-state index in [-0.39, 0.29) is 23.8 Å². The Bertz CT molecular complexity index is 1200. The molecule has 2 aromatic carbocycles. The molecule has 4 atom stereocenters. The molecule has 1 spiro atoms. The van der Waals surface area contributed by atoms with Crippen molar-refractivity contribution in [2.75, 3.05) is 16.8 Å². The highest BCUT2D eigenvalue weighted by Crippen LogP contribution is 2.60. The fourth-order valence-electron chi connectivity index (χ4n) is 6.59. The molecule has 1 N–H and O–H groups in total. The lowest BCUT2D eigenvalue weighted by molar-refractivity contribution is -0.135. The fourth-order valence-corrected chi connectivity index (χ4v) is 6.59. The normalized spacial score (nSPS) is 30.8. The van der Waals surface area contributed by atoms with Gasteiger partial charge in [0, 0.05) is 17.3 Å². The van der Waals surface area contributed by atoms with Gasteiger partial charge in [-0.15, -0.1) is 0 Å². The van der Waals surface area contributed by atoms with E-state index < -0.39 is 17.4 Å². The lowest BCUT2D eigenvalue weighted by atomic mass is 9.75. The summed E-state index contributed by atoms with van der Waals surface area (Å²) >= 11 is 0. The molecule has 3 saturated heterocycles. The number of nitrogens with one attached hydrogen (secondary N) is 1. The average Bonchev–Trinajstić information content (AvgIpc) is 3.48. The van der Waals surface area contributed by atoms with Crippen LogP contribution in [-0.4, -0.2) is 35.2 Å². The van der Waals surface area contributed by atoms with Gasteiger partial charge in [-0.05, 0) is 74.5 Å². The monoisotopic (exact) mass is 429 g/mol. The maximum Gasteiger partial charge on any atom is 0.250 e. The quantitative estimate of drug-likeness (QED) is 0.744. The molecule has 4 heterocycles. The number of fused-ring (bicyclic) bond motifs is 7. The molecule has 3 amide bonds. The van der Waals surface area contributed by atoms with E-state index in [4.69, 9.17) is 0 Å². The number of aryl methyl sites for hydroxylation is 3. The van der Waals surface area contributed by atoms with Crippen molar-refractivity contribution in [2.24, 2.45) is 11.8 Å². The summed E-state index contributed by atoms with van der Waals surface area (Å²) in [6.07, 6.45) is 2.60. The van der Waals surface area contributed by atoms with E-state index in [1.54, 1.807) is 0 Å². The van der Waals surface area contributed by atoms with Gasteiger partial charge in [0.05, 0.1) is 17.5 Å². The smallest absolute Gasteiger partial charge is 0.250 e. The molecule has 6 heteroatoms. The summed E-state index contributed by atoms with van der Waals surface area (Å²) < 4.78 is 0. The predicted molar refractivity (Wildman–Crippen MR) is 121 cm³/mol. The maximum atomic E-state index is 14.0. The number of amides is 3. The Balaban J connectivity index is 1.55. The van der Waals surface area contributed by atoms with Crippen molar-refractivity contribution in [2.45, 2.75) is 51.6 Å². The highest BCUT2D eigenvalue weighted by Gasteiger charge is 2.74. The van der Waals surface area contributed by atoms with Gasteiger partial charge in [0.1, 0.15) is 5.54 Å². The Morgan fingerprint density at radius 3 is 2.59 bits per heavy atom. The summed E-state index contributed by atoms with van der Waals surface area (Å²) in [7, 11) is 0. The van der Waals surface area contributed by atoms with E-state index in [9.17, 15) is 14.4 Å². The van der Waals surface area contributed by atoms with Crippen LogP contribution < -0.4 is 10.2 Å². The molecule has 3 fully saturated rings. The molecule has 0 aliphatic carbocycles. The molecule has 164 valence electrons. The number of rotatable bonds is 2. The third-order valence-corrected chi connectivity index (χ3v) is 8.21. The Morgan fingerprint density at radius 2 is 1.84 bits per heavy atom. The van der Waals surface area contributed by atoms with Crippen molar-refractivity contribution < 1.29 is 14.4 Å². The SMILES string of the molecule is CCc1ccc2c(c1)[C@]1(C(=O)N2)[C@@H]2C(=O)N(c3ccc(C)c(C)c3)C(=O)[C@H]2[C@@H]2CCCN21. The van der Waals surface area contributed by atoms with Crippen LogP contribution in [0.15, 0.2) is 36.4 Å². The van der Waals surface area contributed by atoms with Gasteiger partial charge in [0.25, 0.3) is 0 Å². The number of hydrogen-bond acceptors (Lipinski definition) is 4. The van der Waals surface area contributed by atoms with Gasteiger partial charge in [-0.2, -0.15) is 0 Å². The number of benzene rings is 2. The van der Waals surface area contributed by atoms with Gasteiger partial charge in [0.15, 0.2) is 0 Å². The second kappa shape index (κ2) is 6.51. The Morgan fingerprint density at radius 1 is 1.03 bits per heavy atom. The molecule has 32 heavy (non-hydrogen) atoms. The molecule has 2 aromatic rings. The number of carbonyl (C=O) groups is 3. The van der Waals surface area contributed by atoms with Crippen molar-refractivity contribution in [1.29, 1.82) is 0 Å². The second-order valence-corrected chi connectivity index (χ2v) is 9.64. The number of carbonyl (C=O) groups excluding carboxylic acids is 3. The van der Waals surface area contributed by atoms with Crippen LogP contribution in [0.2, 0.25) is 0 Å². The van der Waals surface area contributed by atoms with Crippen molar-refractivity contribution >= 4 is 29.1 Å². The largest absolute Gasteiger partial charge is 0.324 e. The number of hydrogen-bond donors (Lipinski definition) is 1. The van der Waals surface area contributed by atoms with Crippen LogP contribution in [0.25, 0.3) is 0 Å². The first-order valence-corrected chi connectivity index (χ1v) is 11.6. The minimum absolute atomic E-state index is 0.0880. The van der Waals surface area contributed by atoms with Gasteiger partial charge in [-0.3, -0.25) is 19.3 Å². The van der Waals surface area contributed by atoms with Gasteiger partial charge < -0.3 is 5.32 Å². The maximum absolute atomic E-state index is 14.0. The predicted octanol–water partition coefficient (Wildman–Crippen LogP) is 3.30. The van der Waals surface area contributed by atoms with E-state index in [1.165, 1.54) is 4.90 Å². The van der Waals surface area contributed by atoms with Crippen LogP contribution in [0, 0.1) is 25.7 Å². The van der Waals surface area contributed by atoms with Crippen LogP contribution in [0.3, 0.4) is 0 Å².